The molecule has 0 fully saturated rings. The summed E-state index contributed by atoms with van der Waals surface area (Å²) in [6.07, 6.45) is 0. The molecule has 3 N–H and O–H groups in total. The van der Waals surface area contributed by atoms with Crippen LogP contribution in [0.2, 0.25) is 0 Å². The highest BCUT2D eigenvalue weighted by molar-refractivity contribution is 7.86. The molecule has 1 aromatic carbocycles. The van der Waals surface area contributed by atoms with Gasteiger partial charge in [0.15, 0.2) is 0 Å². The minimum atomic E-state index is -4.66. The quantitative estimate of drug-likeness (QED) is 0.547. The lowest BCUT2D eigenvalue weighted by molar-refractivity contribution is 0.480. The Labute approximate surface area is 97.3 Å². The van der Waals surface area contributed by atoms with Crippen molar-refractivity contribution < 1.29 is 25.9 Å². The smallest absolute Gasteiger partial charge is 0.282 e. The predicted octanol–water partition coefficient (Wildman–Crippen LogP) is 0.711. The van der Waals surface area contributed by atoms with Gasteiger partial charge in [-0.3, -0.25) is 9.11 Å². The second-order valence-electron chi connectivity index (χ2n) is 3.04. The Morgan fingerprint density at radius 2 is 1.71 bits per heavy atom. The lowest BCUT2D eigenvalue weighted by atomic mass is 10.2. The number of rotatable bonds is 4. The van der Waals surface area contributed by atoms with Gasteiger partial charge in [0, 0.05) is 0 Å². The van der Waals surface area contributed by atoms with E-state index in [4.69, 9.17) is 14.6 Å². The molecule has 0 aliphatic rings. The first-order valence-corrected chi connectivity index (χ1v) is 6.95. The summed E-state index contributed by atoms with van der Waals surface area (Å²) >= 11 is 0. The van der Waals surface area contributed by atoms with Gasteiger partial charge in [0.25, 0.3) is 20.2 Å². The summed E-state index contributed by atoms with van der Waals surface area (Å²) < 4.78 is 61.2. The van der Waals surface area contributed by atoms with Crippen molar-refractivity contribution in [3.8, 4) is 0 Å². The largest absolute Gasteiger partial charge is 0.294 e. The first kappa shape index (κ1) is 13.7. The Kier molecular flexibility index (Phi) is 3.62. The molecule has 17 heavy (non-hydrogen) atoms. The molecule has 0 atom stereocenters. The average molecular weight is 280 g/mol. The maximum Gasteiger partial charge on any atom is 0.294 e. The van der Waals surface area contributed by atoms with Crippen molar-refractivity contribution >= 4 is 20.2 Å². The minimum Gasteiger partial charge on any atom is -0.282 e. The molecule has 0 aliphatic heterocycles. The Balaban J connectivity index is 3.56. The zero-order valence-corrected chi connectivity index (χ0v) is 9.86. The van der Waals surface area contributed by atoms with Crippen molar-refractivity contribution in [2.45, 2.75) is 16.3 Å². The molecular formula is C7H8N2O6S2. The van der Waals surface area contributed by atoms with Crippen LogP contribution in [0.15, 0.2) is 33.1 Å². The molecule has 0 spiro atoms. The summed E-state index contributed by atoms with van der Waals surface area (Å²) in [7, 11) is -9.23. The van der Waals surface area contributed by atoms with Crippen molar-refractivity contribution in [1.29, 1.82) is 5.53 Å². The monoisotopic (exact) mass is 280 g/mol. The van der Waals surface area contributed by atoms with Crippen molar-refractivity contribution in [2.75, 3.05) is 0 Å². The van der Waals surface area contributed by atoms with Gasteiger partial charge in [0.1, 0.15) is 4.90 Å². The van der Waals surface area contributed by atoms with Gasteiger partial charge < -0.3 is 0 Å². The normalized spacial score (nSPS) is 12.4. The van der Waals surface area contributed by atoms with Crippen LogP contribution in [-0.4, -0.2) is 25.9 Å². The van der Waals surface area contributed by atoms with Crippen LogP contribution in [0.1, 0.15) is 5.56 Å². The third-order valence-corrected chi connectivity index (χ3v) is 3.65. The second kappa shape index (κ2) is 4.49. The van der Waals surface area contributed by atoms with Gasteiger partial charge in [-0.15, -0.1) is 0 Å². The van der Waals surface area contributed by atoms with E-state index in [9.17, 15) is 16.8 Å². The van der Waals surface area contributed by atoms with E-state index in [-0.39, 0.29) is 12.1 Å². The first-order chi connectivity index (χ1) is 7.66. The van der Waals surface area contributed by atoms with Crippen molar-refractivity contribution in [3.63, 3.8) is 0 Å². The number of hydrogen-bond donors (Lipinski definition) is 3. The summed E-state index contributed by atoms with van der Waals surface area (Å²) in [5.74, 6) is 0. The topological polar surface area (TPSA) is 145 Å². The van der Waals surface area contributed by atoms with Gasteiger partial charge in [-0.25, -0.2) is 5.53 Å². The summed E-state index contributed by atoms with van der Waals surface area (Å²) in [4.78, 5) is -1.37. The molecule has 0 amide bonds. The molecule has 0 saturated carbocycles. The zero-order valence-electron chi connectivity index (χ0n) is 8.23. The maximum absolute atomic E-state index is 11.0. The number of nitrogens with zero attached hydrogens (tertiary/aromatic N) is 1. The number of benzene rings is 1. The van der Waals surface area contributed by atoms with Gasteiger partial charge in [0.2, 0.25) is 0 Å². The Bertz CT molecular complexity index is 649. The van der Waals surface area contributed by atoms with Crippen LogP contribution >= 0.6 is 0 Å². The Morgan fingerprint density at radius 1 is 1.12 bits per heavy atom. The second-order valence-corrected chi connectivity index (χ2v) is 5.85. The molecular weight excluding hydrogens is 272 g/mol. The van der Waals surface area contributed by atoms with Crippen molar-refractivity contribution in [2.24, 2.45) is 5.11 Å². The standard InChI is InChI=1S/C7H8N2O6S2/c8-9-4-5-1-2-6(16(10,11)12)3-7(5)17(13,14)15/h1-3,8H,4H2,(H,10,11,12)(H,13,14,15). The highest BCUT2D eigenvalue weighted by Gasteiger charge is 2.19. The summed E-state index contributed by atoms with van der Waals surface area (Å²) in [6.45, 7) is -0.332. The van der Waals surface area contributed by atoms with Crippen molar-refractivity contribution in [1.82, 2.24) is 0 Å². The SMILES string of the molecule is N=NCc1ccc(S(=O)(=O)O)cc1S(=O)(=O)O. The molecule has 10 heteroatoms. The van der Waals surface area contributed by atoms with Gasteiger partial charge >= 0.3 is 0 Å². The molecule has 94 valence electrons. The van der Waals surface area contributed by atoms with E-state index in [2.05, 4.69) is 5.11 Å². The van der Waals surface area contributed by atoms with Crippen LogP contribution in [0.25, 0.3) is 0 Å². The Morgan fingerprint density at radius 3 is 2.12 bits per heavy atom. The van der Waals surface area contributed by atoms with Crippen LogP contribution in [0.3, 0.4) is 0 Å². The molecule has 1 aromatic rings. The van der Waals surface area contributed by atoms with E-state index in [0.29, 0.717) is 6.07 Å². The fourth-order valence-electron chi connectivity index (χ4n) is 1.15. The van der Waals surface area contributed by atoms with Gasteiger partial charge in [-0.2, -0.15) is 21.9 Å². The number of nitrogens with one attached hydrogen (secondary N) is 1. The van der Waals surface area contributed by atoms with E-state index < -0.39 is 30.0 Å². The van der Waals surface area contributed by atoms with Crippen molar-refractivity contribution in [3.05, 3.63) is 23.8 Å². The zero-order chi connectivity index (χ0) is 13.3. The predicted molar refractivity (Wildman–Crippen MR) is 54.9 cm³/mol. The molecule has 0 bridgehead atoms. The average Bonchev–Trinajstić information content (AvgIpc) is 2.15. The molecule has 0 saturated heterocycles. The van der Waals surface area contributed by atoms with Crippen LogP contribution in [-0.2, 0) is 26.8 Å². The van der Waals surface area contributed by atoms with Gasteiger partial charge in [-0.1, -0.05) is 6.07 Å². The fraction of sp³-hybridized carbons (Fsp3) is 0.143. The van der Waals surface area contributed by atoms with Crippen LogP contribution in [0.4, 0.5) is 0 Å². The highest BCUT2D eigenvalue weighted by Crippen LogP contribution is 2.21. The summed E-state index contributed by atoms with van der Waals surface area (Å²) in [5, 5.41) is 2.93. The molecule has 0 unspecified atom stereocenters. The Hall–Kier alpha value is -1.36. The molecule has 0 heterocycles. The maximum atomic E-state index is 11.0. The van der Waals surface area contributed by atoms with E-state index in [1.807, 2.05) is 0 Å². The van der Waals surface area contributed by atoms with Crippen LogP contribution in [0.5, 0.6) is 0 Å². The molecule has 0 aliphatic carbocycles. The van der Waals surface area contributed by atoms with Gasteiger partial charge in [-0.05, 0) is 17.7 Å². The van der Waals surface area contributed by atoms with E-state index >= 15 is 0 Å². The lowest BCUT2D eigenvalue weighted by Gasteiger charge is -2.05. The summed E-state index contributed by atoms with van der Waals surface area (Å²) in [6, 6.07) is 2.60. The highest BCUT2D eigenvalue weighted by atomic mass is 32.2. The first-order valence-electron chi connectivity index (χ1n) is 4.07. The summed E-state index contributed by atoms with van der Waals surface area (Å²) in [5.41, 5.74) is 6.55. The van der Waals surface area contributed by atoms with E-state index in [1.165, 1.54) is 0 Å². The van der Waals surface area contributed by atoms with Crippen LogP contribution in [0, 0.1) is 5.53 Å². The molecule has 0 aromatic heterocycles. The van der Waals surface area contributed by atoms with Crippen LogP contribution < -0.4 is 0 Å². The van der Waals surface area contributed by atoms with E-state index in [1.54, 1.807) is 0 Å². The molecule has 1 rings (SSSR count). The third-order valence-electron chi connectivity index (χ3n) is 1.86. The van der Waals surface area contributed by atoms with E-state index in [0.717, 1.165) is 12.1 Å². The third kappa shape index (κ3) is 3.30. The minimum absolute atomic E-state index is 0.0464. The lowest BCUT2D eigenvalue weighted by Crippen LogP contribution is -2.06. The molecule has 0 radical (unpaired) electrons. The van der Waals surface area contributed by atoms with Gasteiger partial charge in [0.05, 0.1) is 11.4 Å². The molecule has 8 nitrogen and oxygen atoms in total. The fourth-order valence-corrected chi connectivity index (χ4v) is 2.47. The number of hydrogen-bond acceptors (Lipinski definition) is 6.